The molecule has 178 valence electrons. The molecule has 1 amide bonds. The molecule has 1 aliphatic heterocycles. The summed E-state index contributed by atoms with van der Waals surface area (Å²) in [7, 11) is 0. The smallest absolute Gasteiger partial charge is 0.234 e. The Kier molecular flexibility index (Phi) is 6.79. The van der Waals surface area contributed by atoms with Crippen LogP contribution in [0.5, 0.6) is 0 Å². The Bertz CT molecular complexity index is 1260. The molecular weight excluding hydrogens is 440 g/mol. The summed E-state index contributed by atoms with van der Waals surface area (Å²) in [6.07, 6.45) is 5.70. The first kappa shape index (κ1) is 24.3. The van der Waals surface area contributed by atoms with E-state index < -0.39 is 11.3 Å². The fourth-order valence-corrected chi connectivity index (χ4v) is 5.22. The number of ketones is 3. The largest absolute Gasteiger partial charge is 0.319 e. The van der Waals surface area contributed by atoms with Gasteiger partial charge < -0.3 is 4.90 Å². The molecule has 0 N–H and O–H groups in total. The second-order valence-electron chi connectivity index (χ2n) is 9.45. The van der Waals surface area contributed by atoms with E-state index in [-0.39, 0.29) is 48.2 Å². The first-order valence-electron chi connectivity index (χ1n) is 11.8. The van der Waals surface area contributed by atoms with Crippen molar-refractivity contribution in [1.29, 1.82) is 0 Å². The van der Waals surface area contributed by atoms with Gasteiger partial charge in [0.25, 0.3) is 0 Å². The molecule has 2 aromatic rings. The Balaban J connectivity index is 1.47. The minimum Gasteiger partial charge on any atom is -0.319 e. The Morgan fingerprint density at radius 2 is 1.80 bits per heavy atom. The van der Waals surface area contributed by atoms with Crippen LogP contribution >= 0.6 is 0 Å². The summed E-state index contributed by atoms with van der Waals surface area (Å²) in [6.45, 7) is 5.98. The third kappa shape index (κ3) is 5.00. The van der Waals surface area contributed by atoms with Crippen LogP contribution in [-0.2, 0) is 14.4 Å². The van der Waals surface area contributed by atoms with E-state index in [1.807, 2.05) is 32.1 Å². The van der Waals surface area contributed by atoms with Crippen molar-refractivity contribution in [3.8, 4) is 11.8 Å². The second kappa shape index (κ2) is 9.79. The molecule has 4 rings (SSSR count). The van der Waals surface area contributed by atoms with Crippen LogP contribution in [0.3, 0.4) is 0 Å². The number of aryl methyl sites for hydroxylation is 2. The zero-order valence-electron chi connectivity index (χ0n) is 20.3. The Morgan fingerprint density at radius 1 is 1.11 bits per heavy atom. The minimum absolute atomic E-state index is 0.0865. The van der Waals surface area contributed by atoms with Crippen LogP contribution in [-0.4, -0.2) is 39.7 Å². The molecule has 2 heterocycles. The summed E-state index contributed by atoms with van der Waals surface area (Å²) >= 11 is 0. The van der Waals surface area contributed by atoms with Crippen LogP contribution in [0.2, 0.25) is 0 Å². The van der Waals surface area contributed by atoms with Gasteiger partial charge in [0, 0.05) is 42.8 Å². The lowest BCUT2D eigenvalue weighted by Crippen LogP contribution is -2.43. The van der Waals surface area contributed by atoms with Gasteiger partial charge in [-0.3, -0.25) is 24.2 Å². The monoisotopic (exact) mass is 468 g/mol. The van der Waals surface area contributed by atoms with Crippen molar-refractivity contribution in [2.24, 2.45) is 5.41 Å². The van der Waals surface area contributed by atoms with Crippen molar-refractivity contribution in [3.63, 3.8) is 0 Å². The van der Waals surface area contributed by atoms with E-state index in [9.17, 15) is 19.2 Å². The number of aromatic nitrogens is 1. The van der Waals surface area contributed by atoms with Gasteiger partial charge >= 0.3 is 0 Å². The van der Waals surface area contributed by atoms with Crippen molar-refractivity contribution < 1.29 is 19.2 Å². The summed E-state index contributed by atoms with van der Waals surface area (Å²) in [4.78, 5) is 57.1. The molecule has 2 aliphatic rings. The van der Waals surface area contributed by atoms with Crippen LogP contribution in [0.4, 0.5) is 0 Å². The highest BCUT2D eigenvalue weighted by atomic mass is 16.2. The van der Waals surface area contributed by atoms with Gasteiger partial charge in [0.05, 0.1) is 6.42 Å². The van der Waals surface area contributed by atoms with E-state index in [0.29, 0.717) is 13.0 Å². The number of nitrogens with zero attached hydrogens (tertiary/aromatic N) is 2. The number of allylic oxidation sites excluding steroid dienone is 1. The molecule has 0 unspecified atom stereocenters. The highest BCUT2D eigenvalue weighted by Gasteiger charge is 2.46. The second-order valence-corrected chi connectivity index (χ2v) is 9.45. The van der Waals surface area contributed by atoms with Crippen LogP contribution in [0.15, 0.2) is 48.8 Å². The molecule has 1 aromatic carbocycles. The van der Waals surface area contributed by atoms with Gasteiger partial charge in [0.15, 0.2) is 5.78 Å². The van der Waals surface area contributed by atoms with Crippen LogP contribution in [0.1, 0.15) is 71.3 Å². The molecule has 1 aliphatic carbocycles. The lowest BCUT2D eigenvalue weighted by Gasteiger charge is -2.40. The van der Waals surface area contributed by atoms with E-state index in [2.05, 4.69) is 16.8 Å². The van der Waals surface area contributed by atoms with Gasteiger partial charge in [-0.05, 0) is 68.1 Å². The van der Waals surface area contributed by atoms with Crippen molar-refractivity contribution in [3.05, 3.63) is 76.8 Å². The summed E-state index contributed by atoms with van der Waals surface area (Å²) in [5, 5.41) is 0. The quantitative estimate of drug-likeness (QED) is 0.383. The molecule has 1 fully saturated rings. The predicted octanol–water partition coefficient (Wildman–Crippen LogP) is 4.09. The first-order chi connectivity index (χ1) is 16.7. The number of rotatable bonds is 4. The lowest BCUT2D eigenvalue weighted by molar-refractivity contribution is -0.136. The number of benzene rings is 1. The number of carbonyl (C=O) groups is 4. The molecule has 0 bridgehead atoms. The third-order valence-corrected chi connectivity index (χ3v) is 6.89. The predicted molar refractivity (Wildman–Crippen MR) is 132 cm³/mol. The van der Waals surface area contributed by atoms with E-state index in [4.69, 9.17) is 0 Å². The van der Waals surface area contributed by atoms with Gasteiger partial charge in [-0.25, -0.2) is 0 Å². The van der Waals surface area contributed by atoms with E-state index in [1.165, 1.54) is 11.1 Å². The summed E-state index contributed by atoms with van der Waals surface area (Å²) in [5.41, 5.74) is 3.15. The Hall–Kier alpha value is -3.85. The molecule has 0 saturated heterocycles. The van der Waals surface area contributed by atoms with Crippen LogP contribution < -0.4 is 0 Å². The number of carbonyl (C=O) groups excluding carboxylic acids is 4. The molecule has 0 atom stereocenters. The maximum absolute atomic E-state index is 13.3. The highest BCUT2D eigenvalue weighted by Crippen LogP contribution is 2.45. The van der Waals surface area contributed by atoms with E-state index >= 15 is 0 Å². The summed E-state index contributed by atoms with van der Waals surface area (Å²) in [6, 6.07) is 8.86. The number of Topliss-reactive ketones (excluding diaryl/α,β-unsaturated/α-hetero) is 3. The third-order valence-electron chi connectivity index (χ3n) is 6.89. The zero-order valence-corrected chi connectivity index (χ0v) is 20.3. The molecule has 1 spiro atoms. The molecular formula is C29H28N2O4. The van der Waals surface area contributed by atoms with Gasteiger partial charge in [-0.2, -0.15) is 0 Å². The van der Waals surface area contributed by atoms with Gasteiger partial charge in [-0.15, -0.1) is 5.92 Å². The van der Waals surface area contributed by atoms with Crippen molar-refractivity contribution in [2.45, 2.75) is 52.4 Å². The number of hydrogen-bond acceptors (Lipinski definition) is 5. The van der Waals surface area contributed by atoms with E-state index in [0.717, 1.165) is 22.3 Å². The minimum atomic E-state index is -0.756. The normalized spacial score (nSPS) is 21.6. The maximum atomic E-state index is 13.3. The van der Waals surface area contributed by atoms with Crippen molar-refractivity contribution in [1.82, 2.24) is 9.88 Å². The fraction of sp³-hybridized carbons (Fsp3) is 0.345. The average molecular weight is 469 g/mol. The summed E-state index contributed by atoms with van der Waals surface area (Å²) in [5.74, 6) is 4.33. The number of amides is 1. The molecule has 6 nitrogen and oxygen atoms in total. The lowest BCUT2D eigenvalue weighted by atomic mass is 9.64. The maximum Gasteiger partial charge on any atom is 0.234 e. The Labute approximate surface area is 205 Å². The highest BCUT2D eigenvalue weighted by molar-refractivity contribution is 6.11. The van der Waals surface area contributed by atoms with Crippen LogP contribution in [0.25, 0.3) is 0 Å². The number of pyridine rings is 1. The van der Waals surface area contributed by atoms with Crippen molar-refractivity contribution >= 4 is 23.3 Å². The molecule has 35 heavy (non-hydrogen) atoms. The molecule has 6 heteroatoms. The van der Waals surface area contributed by atoms with E-state index in [1.54, 1.807) is 31.3 Å². The first-order valence-corrected chi connectivity index (χ1v) is 11.8. The standard InChI is InChI=1S/C29H28N2O4/c1-4-7-21-14-19(2)27(20(3)15-21)28-24(33)17-29(18-25(28)34)9-12-31(13-10-29)26(35)16-23(32)22-8-5-6-11-30-22/h5-6,8-9,11-12,14-15,28H,10,13,16-18H2,1-3H3. The average Bonchev–Trinajstić information content (AvgIpc) is 2.81. The van der Waals surface area contributed by atoms with Gasteiger partial charge in [0.1, 0.15) is 23.2 Å². The van der Waals surface area contributed by atoms with Crippen molar-refractivity contribution in [2.75, 3.05) is 6.54 Å². The van der Waals surface area contributed by atoms with Crippen LogP contribution in [0, 0.1) is 31.1 Å². The van der Waals surface area contributed by atoms with Gasteiger partial charge in [0.2, 0.25) is 5.91 Å². The summed E-state index contributed by atoms with van der Waals surface area (Å²) < 4.78 is 0. The topological polar surface area (TPSA) is 84.4 Å². The number of hydrogen-bond donors (Lipinski definition) is 0. The molecule has 1 aromatic heterocycles. The Morgan fingerprint density at radius 3 is 2.34 bits per heavy atom. The fourth-order valence-electron chi connectivity index (χ4n) is 5.22. The molecule has 1 saturated carbocycles. The SMILES string of the molecule is CC#Cc1cc(C)c(C2C(=O)CC3(C=CN(C(=O)CC(=O)c4ccccn4)CC3)CC2=O)c(C)c1. The zero-order chi connectivity index (χ0) is 25.2. The molecule has 0 radical (unpaired) electrons. The van der Waals surface area contributed by atoms with Gasteiger partial charge in [-0.1, -0.05) is 18.1 Å².